The second-order valence-electron chi connectivity index (χ2n) is 9.63. The maximum absolute atomic E-state index is 13.5. The number of carbonyl (C=O) groups excluding carboxylic acids is 3. The average Bonchev–Trinajstić information content (AvgIpc) is 3.40. The lowest BCUT2D eigenvalue weighted by molar-refractivity contribution is -0.152. The molecule has 11 heteroatoms. The molecule has 2 aliphatic heterocycles. The van der Waals surface area contributed by atoms with E-state index in [-0.39, 0.29) is 47.3 Å². The molecule has 2 aromatic rings. The molecule has 2 fully saturated rings. The molecule has 9 nitrogen and oxygen atoms in total. The van der Waals surface area contributed by atoms with Gasteiger partial charge in [-0.05, 0) is 49.3 Å². The molecule has 1 spiro atoms. The SMILES string of the molecule is COC(=O)[C@]12C[C@H]1CCC21NC(=O)c2c3c(c(O)c(=O)n21)C(=O)N(Cc1ccc(F)c(Cl)c1)CC3. The quantitative estimate of drug-likeness (QED) is 0.620. The summed E-state index contributed by atoms with van der Waals surface area (Å²) < 4.78 is 19.8. The van der Waals surface area contributed by atoms with E-state index in [1.807, 2.05) is 0 Å². The summed E-state index contributed by atoms with van der Waals surface area (Å²) in [6.07, 6.45) is 1.63. The number of nitrogens with zero attached hydrogens (tertiary/aromatic N) is 2. The van der Waals surface area contributed by atoms with Crippen LogP contribution in [0, 0.1) is 17.2 Å². The first-order chi connectivity index (χ1) is 16.7. The van der Waals surface area contributed by atoms with Gasteiger partial charge in [-0.3, -0.25) is 23.7 Å². The number of ether oxygens (including phenoxy) is 1. The molecule has 1 aromatic carbocycles. The van der Waals surface area contributed by atoms with Crippen LogP contribution in [0.1, 0.15) is 51.2 Å². The number of rotatable bonds is 3. The molecule has 2 N–H and O–H groups in total. The van der Waals surface area contributed by atoms with Crippen molar-refractivity contribution in [1.82, 2.24) is 14.8 Å². The first-order valence-corrected chi connectivity index (χ1v) is 11.7. The summed E-state index contributed by atoms with van der Waals surface area (Å²) >= 11 is 5.85. The van der Waals surface area contributed by atoms with Gasteiger partial charge in [0.1, 0.15) is 22.6 Å². The van der Waals surface area contributed by atoms with Gasteiger partial charge < -0.3 is 20.1 Å². The minimum absolute atomic E-state index is 0.0106. The molecule has 4 aliphatic rings. The highest BCUT2D eigenvalue weighted by atomic mass is 35.5. The van der Waals surface area contributed by atoms with E-state index in [4.69, 9.17) is 16.3 Å². The van der Waals surface area contributed by atoms with E-state index < -0.39 is 46.0 Å². The Balaban J connectivity index is 1.45. The minimum atomic E-state index is -1.33. The highest BCUT2D eigenvalue weighted by Crippen LogP contribution is 2.71. The molecule has 2 aliphatic carbocycles. The Kier molecular flexibility index (Phi) is 4.46. The van der Waals surface area contributed by atoms with Gasteiger partial charge in [0.05, 0.1) is 17.7 Å². The summed E-state index contributed by atoms with van der Waals surface area (Å²) in [7, 11) is 1.27. The number of nitrogens with one attached hydrogen (secondary N) is 1. The number of benzene rings is 1. The fourth-order valence-corrected chi connectivity index (χ4v) is 6.69. The summed E-state index contributed by atoms with van der Waals surface area (Å²) in [4.78, 5) is 54.3. The van der Waals surface area contributed by atoms with E-state index in [0.29, 0.717) is 24.8 Å². The van der Waals surface area contributed by atoms with E-state index in [1.165, 1.54) is 34.8 Å². The number of hydrogen-bond donors (Lipinski definition) is 2. The Morgan fingerprint density at radius 2 is 2.11 bits per heavy atom. The van der Waals surface area contributed by atoms with Crippen molar-refractivity contribution in [2.24, 2.45) is 11.3 Å². The number of hydrogen-bond acceptors (Lipinski definition) is 6. The zero-order chi connectivity index (χ0) is 24.9. The third-order valence-electron chi connectivity index (χ3n) is 8.11. The predicted octanol–water partition coefficient (Wildman–Crippen LogP) is 1.91. The molecule has 3 heterocycles. The summed E-state index contributed by atoms with van der Waals surface area (Å²) in [6, 6.07) is 4.11. The standard InChI is InChI=1S/C24H21ClFN3O6/c1-35-22(34)23-9-12(23)4-6-24(23)27-19(31)17-13-5-7-28(10-11-2-3-15(26)14(25)8-11)20(32)16(13)18(30)21(33)29(17)24/h2-3,8,12,30H,4-7,9-10H2,1H3,(H,27,31)/t12-,23+,24?/m1/s1. The topological polar surface area (TPSA) is 118 Å². The van der Waals surface area contributed by atoms with Gasteiger partial charge >= 0.3 is 5.97 Å². The van der Waals surface area contributed by atoms with Crippen LogP contribution in [0.4, 0.5) is 4.39 Å². The smallest absolute Gasteiger partial charge is 0.316 e. The molecule has 2 saturated carbocycles. The minimum Gasteiger partial charge on any atom is -0.502 e. The lowest BCUT2D eigenvalue weighted by Gasteiger charge is -2.36. The maximum atomic E-state index is 13.5. The summed E-state index contributed by atoms with van der Waals surface area (Å²) in [5, 5.41) is 13.7. The molecule has 0 bridgehead atoms. The van der Waals surface area contributed by atoms with Crippen molar-refractivity contribution < 1.29 is 28.6 Å². The number of esters is 1. The lowest BCUT2D eigenvalue weighted by atomic mass is 9.89. The van der Waals surface area contributed by atoms with E-state index >= 15 is 0 Å². The molecule has 1 aromatic heterocycles. The van der Waals surface area contributed by atoms with Crippen molar-refractivity contribution in [2.45, 2.75) is 37.9 Å². The average molecular weight is 502 g/mol. The van der Waals surface area contributed by atoms with Gasteiger partial charge in [0.25, 0.3) is 17.4 Å². The number of pyridine rings is 1. The fourth-order valence-electron chi connectivity index (χ4n) is 6.48. The van der Waals surface area contributed by atoms with Crippen molar-refractivity contribution in [3.05, 3.63) is 61.8 Å². The number of aromatic hydroxyl groups is 1. The van der Waals surface area contributed by atoms with Crippen molar-refractivity contribution in [1.29, 1.82) is 0 Å². The third kappa shape index (κ3) is 2.63. The molecule has 6 rings (SSSR count). The van der Waals surface area contributed by atoms with Crippen molar-refractivity contribution in [3.8, 4) is 5.75 Å². The molecule has 1 unspecified atom stereocenters. The highest BCUT2D eigenvalue weighted by Gasteiger charge is 2.79. The van der Waals surface area contributed by atoms with Crippen LogP contribution in [0.15, 0.2) is 23.0 Å². The first kappa shape index (κ1) is 22.1. The van der Waals surface area contributed by atoms with Crippen molar-refractivity contribution in [2.75, 3.05) is 13.7 Å². The van der Waals surface area contributed by atoms with Crippen molar-refractivity contribution in [3.63, 3.8) is 0 Å². The van der Waals surface area contributed by atoms with Gasteiger partial charge in [0, 0.05) is 18.7 Å². The summed E-state index contributed by atoms with van der Waals surface area (Å²) in [6.45, 7) is 0.288. The van der Waals surface area contributed by atoms with Crippen molar-refractivity contribution >= 4 is 29.4 Å². The second kappa shape index (κ2) is 7.07. The van der Waals surface area contributed by atoms with Crippen LogP contribution < -0.4 is 10.9 Å². The Bertz CT molecular complexity index is 1420. The Morgan fingerprint density at radius 3 is 2.80 bits per heavy atom. The monoisotopic (exact) mass is 501 g/mol. The number of carbonyl (C=O) groups is 3. The zero-order valence-corrected chi connectivity index (χ0v) is 19.4. The van der Waals surface area contributed by atoms with Crippen LogP contribution in [0.5, 0.6) is 5.75 Å². The molecule has 0 saturated heterocycles. The predicted molar refractivity (Wildman–Crippen MR) is 119 cm³/mol. The van der Waals surface area contributed by atoms with Crippen LogP contribution >= 0.6 is 11.6 Å². The Labute approximate surface area is 203 Å². The largest absolute Gasteiger partial charge is 0.502 e. The second-order valence-corrected chi connectivity index (χ2v) is 10.0. The van der Waals surface area contributed by atoms with Crippen LogP contribution in [0.3, 0.4) is 0 Å². The molecule has 182 valence electrons. The highest BCUT2D eigenvalue weighted by molar-refractivity contribution is 6.30. The van der Waals surface area contributed by atoms with Gasteiger partial charge in [-0.1, -0.05) is 17.7 Å². The van der Waals surface area contributed by atoms with E-state index in [0.717, 1.165) is 0 Å². The van der Waals surface area contributed by atoms with Crippen LogP contribution in [0.25, 0.3) is 0 Å². The molecule has 2 amide bonds. The molecular weight excluding hydrogens is 481 g/mol. The van der Waals surface area contributed by atoms with Crippen LogP contribution in [0.2, 0.25) is 5.02 Å². The van der Waals surface area contributed by atoms with Gasteiger partial charge in [-0.15, -0.1) is 0 Å². The van der Waals surface area contributed by atoms with Crippen LogP contribution in [-0.2, 0) is 28.2 Å². The van der Waals surface area contributed by atoms with Crippen LogP contribution in [-0.4, -0.2) is 46.0 Å². The van der Waals surface area contributed by atoms with Gasteiger partial charge in [0.15, 0.2) is 5.75 Å². The molecule has 35 heavy (non-hydrogen) atoms. The van der Waals surface area contributed by atoms with Gasteiger partial charge in [-0.25, -0.2) is 4.39 Å². The summed E-state index contributed by atoms with van der Waals surface area (Å²) in [5.74, 6) is -3.04. The number of fused-ring (bicyclic) bond motifs is 6. The molecule has 3 atom stereocenters. The number of aromatic nitrogens is 1. The van der Waals surface area contributed by atoms with E-state index in [9.17, 15) is 28.7 Å². The number of methoxy groups -OCH3 is 1. The Hall–Kier alpha value is -3.40. The fraction of sp³-hybridized carbons (Fsp3) is 0.417. The number of halogens is 2. The number of amides is 2. The normalized spacial score (nSPS) is 28.0. The van der Waals surface area contributed by atoms with E-state index in [2.05, 4.69) is 5.32 Å². The molecular formula is C24H21ClFN3O6. The lowest BCUT2D eigenvalue weighted by Crippen LogP contribution is -2.55. The third-order valence-corrected chi connectivity index (χ3v) is 8.40. The first-order valence-electron chi connectivity index (χ1n) is 11.3. The summed E-state index contributed by atoms with van der Waals surface area (Å²) in [5.41, 5.74) is -2.65. The van der Waals surface area contributed by atoms with Gasteiger partial charge in [-0.2, -0.15) is 0 Å². The van der Waals surface area contributed by atoms with Gasteiger partial charge in [0.2, 0.25) is 0 Å². The van der Waals surface area contributed by atoms with E-state index in [1.54, 1.807) is 0 Å². The zero-order valence-electron chi connectivity index (χ0n) is 18.7. The maximum Gasteiger partial charge on any atom is 0.316 e. The Morgan fingerprint density at radius 1 is 1.34 bits per heavy atom. The molecule has 0 radical (unpaired) electrons.